The fourth-order valence-electron chi connectivity index (χ4n) is 2.28. The number of nitrogens with one attached hydrogen (secondary N) is 1. The van der Waals surface area contributed by atoms with Crippen LogP contribution in [-0.4, -0.2) is 19.1 Å². The second-order valence-electron chi connectivity index (χ2n) is 5.60. The Hall–Kier alpha value is -2.55. The molecule has 2 aromatic carbocycles. The predicted octanol–water partition coefficient (Wildman–Crippen LogP) is 4.24. The van der Waals surface area contributed by atoms with E-state index in [9.17, 15) is 4.79 Å². The SMILES string of the molecule is CCCCOc1ccccc1/C=C/C(=O)NCCc1ccccc1. The van der Waals surface area contributed by atoms with E-state index in [-0.39, 0.29) is 5.91 Å². The Bertz CT molecular complexity index is 650. The van der Waals surface area contributed by atoms with Gasteiger partial charge in [0.15, 0.2) is 0 Å². The van der Waals surface area contributed by atoms with Gasteiger partial charge in [-0.1, -0.05) is 61.9 Å². The van der Waals surface area contributed by atoms with Crippen LogP contribution in [0, 0.1) is 0 Å². The van der Waals surface area contributed by atoms with Gasteiger partial charge >= 0.3 is 0 Å². The largest absolute Gasteiger partial charge is 0.493 e. The molecule has 3 heteroatoms. The van der Waals surface area contributed by atoms with E-state index in [0.717, 1.165) is 30.6 Å². The van der Waals surface area contributed by atoms with Crippen molar-refractivity contribution in [3.05, 3.63) is 71.8 Å². The smallest absolute Gasteiger partial charge is 0.244 e. The molecule has 0 heterocycles. The van der Waals surface area contributed by atoms with Crippen molar-refractivity contribution in [1.29, 1.82) is 0 Å². The summed E-state index contributed by atoms with van der Waals surface area (Å²) in [5.41, 5.74) is 2.14. The zero-order chi connectivity index (χ0) is 17.0. The van der Waals surface area contributed by atoms with E-state index in [2.05, 4.69) is 24.4 Å². The minimum atomic E-state index is -0.0886. The number of unbranched alkanes of at least 4 members (excludes halogenated alkanes) is 1. The molecular formula is C21H25NO2. The Kier molecular flexibility index (Phi) is 7.61. The van der Waals surface area contributed by atoms with E-state index in [1.54, 1.807) is 12.2 Å². The molecule has 126 valence electrons. The van der Waals surface area contributed by atoms with E-state index in [0.29, 0.717) is 13.2 Å². The van der Waals surface area contributed by atoms with Gasteiger partial charge in [-0.2, -0.15) is 0 Å². The summed E-state index contributed by atoms with van der Waals surface area (Å²) in [6.45, 7) is 3.46. The number of amides is 1. The second-order valence-corrected chi connectivity index (χ2v) is 5.60. The van der Waals surface area contributed by atoms with Crippen LogP contribution in [0.3, 0.4) is 0 Å². The fraction of sp³-hybridized carbons (Fsp3) is 0.286. The van der Waals surface area contributed by atoms with Gasteiger partial charge in [-0.05, 0) is 30.5 Å². The molecular weight excluding hydrogens is 298 g/mol. The van der Waals surface area contributed by atoms with E-state index in [4.69, 9.17) is 4.74 Å². The molecule has 2 rings (SSSR count). The fourth-order valence-corrected chi connectivity index (χ4v) is 2.28. The molecule has 24 heavy (non-hydrogen) atoms. The van der Waals surface area contributed by atoms with Crippen LogP contribution in [0.25, 0.3) is 6.08 Å². The molecule has 0 saturated carbocycles. The molecule has 0 aromatic heterocycles. The van der Waals surface area contributed by atoms with E-state index < -0.39 is 0 Å². The summed E-state index contributed by atoms with van der Waals surface area (Å²) < 4.78 is 5.77. The third kappa shape index (κ3) is 6.29. The highest BCUT2D eigenvalue weighted by molar-refractivity contribution is 5.92. The van der Waals surface area contributed by atoms with Gasteiger partial charge in [0.05, 0.1) is 6.61 Å². The van der Waals surface area contributed by atoms with Crippen molar-refractivity contribution in [3.8, 4) is 5.75 Å². The molecule has 0 atom stereocenters. The average Bonchev–Trinajstić information content (AvgIpc) is 2.62. The van der Waals surface area contributed by atoms with E-state index in [1.165, 1.54) is 5.56 Å². The Morgan fingerprint density at radius 1 is 1.08 bits per heavy atom. The maximum Gasteiger partial charge on any atom is 0.244 e. The summed E-state index contributed by atoms with van der Waals surface area (Å²) in [6.07, 6.45) is 6.32. The lowest BCUT2D eigenvalue weighted by Crippen LogP contribution is -2.23. The maximum absolute atomic E-state index is 11.9. The Balaban J connectivity index is 1.82. The van der Waals surface area contributed by atoms with Gasteiger partial charge in [0, 0.05) is 18.2 Å². The third-order valence-electron chi connectivity index (χ3n) is 3.64. The minimum absolute atomic E-state index is 0.0886. The van der Waals surface area contributed by atoms with E-state index in [1.807, 2.05) is 42.5 Å². The molecule has 0 radical (unpaired) electrons. The maximum atomic E-state index is 11.9. The van der Waals surface area contributed by atoms with Gasteiger partial charge in [0.1, 0.15) is 5.75 Å². The highest BCUT2D eigenvalue weighted by atomic mass is 16.5. The monoisotopic (exact) mass is 323 g/mol. The van der Waals surface area contributed by atoms with Crippen molar-refractivity contribution in [3.63, 3.8) is 0 Å². The van der Waals surface area contributed by atoms with E-state index >= 15 is 0 Å². The number of rotatable bonds is 9. The number of para-hydroxylation sites is 1. The van der Waals surface area contributed by atoms with Crippen molar-refractivity contribution in [1.82, 2.24) is 5.32 Å². The Labute approximate surface area is 144 Å². The van der Waals surface area contributed by atoms with Crippen LogP contribution in [0.1, 0.15) is 30.9 Å². The highest BCUT2D eigenvalue weighted by Crippen LogP contribution is 2.19. The lowest BCUT2D eigenvalue weighted by Gasteiger charge is -2.08. The van der Waals surface area contributed by atoms with Gasteiger partial charge in [0.25, 0.3) is 0 Å². The lowest BCUT2D eigenvalue weighted by molar-refractivity contribution is -0.116. The van der Waals surface area contributed by atoms with Gasteiger partial charge in [-0.3, -0.25) is 4.79 Å². The predicted molar refractivity (Wildman–Crippen MR) is 99.0 cm³/mol. The first-order valence-corrected chi connectivity index (χ1v) is 8.51. The van der Waals surface area contributed by atoms with Crippen LogP contribution in [0.15, 0.2) is 60.7 Å². The first kappa shape index (κ1) is 17.8. The quantitative estimate of drug-likeness (QED) is 0.554. The number of ether oxygens (including phenoxy) is 1. The molecule has 0 aliphatic carbocycles. The number of hydrogen-bond donors (Lipinski definition) is 1. The Morgan fingerprint density at radius 2 is 1.83 bits per heavy atom. The molecule has 0 fully saturated rings. The number of carbonyl (C=O) groups is 1. The van der Waals surface area contributed by atoms with Gasteiger partial charge < -0.3 is 10.1 Å². The standard InChI is InChI=1S/C21H25NO2/c1-2-3-17-24-20-12-8-7-11-19(20)13-14-21(23)22-16-15-18-9-5-4-6-10-18/h4-14H,2-3,15-17H2,1H3,(H,22,23)/b14-13+. The van der Waals surface area contributed by atoms with Crippen molar-refractivity contribution >= 4 is 12.0 Å². The molecule has 0 aliphatic heterocycles. The third-order valence-corrected chi connectivity index (χ3v) is 3.64. The molecule has 1 N–H and O–H groups in total. The first-order chi connectivity index (χ1) is 11.8. The van der Waals surface area contributed by atoms with Crippen LogP contribution in [0.4, 0.5) is 0 Å². The minimum Gasteiger partial charge on any atom is -0.493 e. The van der Waals surface area contributed by atoms with Crippen LogP contribution in [0.5, 0.6) is 5.75 Å². The summed E-state index contributed by atoms with van der Waals surface area (Å²) in [4.78, 5) is 11.9. The topological polar surface area (TPSA) is 38.3 Å². The van der Waals surface area contributed by atoms with Crippen molar-refractivity contribution in [2.45, 2.75) is 26.2 Å². The number of benzene rings is 2. The van der Waals surface area contributed by atoms with Crippen LogP contribution >= 0.6 is 0 Å². The molecule has 0 unspecified atom stereocenters. The molecule has 2 aromatic rings. The summed E-state index contributed by atoms with van der Waals surface area (Å²) in [6, 6.07) is 17.9. The van der Waals surface area contributed by atoms with Crippen LogP contribution in [-0.2, 0) is 11.2 Å². The molecule has 0 saturated heterocycles. The molecule has 0 aliphatic rings. The molecule has 0 spiro atoms. The van der Waals surface area contributed by atoms with Crippen molar-refractivity contribution in [2.75, 3.05) is 13.2 Å². The summed E-state index contributed by atoms with van der Waals surface area (Å²) in [5, 5.41) is 2.91. The Morgan fingerprint density at radius 3 is 2.62 bits per heavy atom. The zero-order valence-electron chi connectivity index (χ0n) is 14.2. The number of hydrogen-bond acceptors (Lipinski definition) is 2. The van der Waals surface area contributed by atoms with Crippen molar-refractivity contribution in [2.24, 2.45) is 0 Å². The van der Waals surface area contributed by atoms with Crippen LogP contribution in [0.2, 0.25) is 0 Å². The summed E-state index contributed by atoms with van der Waals surface area (Å²) >= 11 is 0. The molecule has 0 bridgehead atoms. The normalized spacial score (nSPS) is 10.7. The lowest BCUT2D eigenvalue weighted by atomic mass is 10.1. The zero-order valence-corrected chi connectivity index (χ0v) is 14.2. The first-order valence-electron chi connectivity index (χ1n) is 8.51. The highest BCUT2D eigenvalue weighted by Gasteiger charge is 2.01. The van der Waals surface area contributed by atoms with Gasteiger partial charge in [0.2, 0.25) is 5.91 Å². The van der Waals surface area contributed by atoms with Crippen molar-refractivity contribution < 1.29 is 9.53 Å². The van der Waals surface area contributed by atoms with Gasteiger partial charge in [-0.15, -0.1) is 0 Å². The molecule has 1 amide bonds. The average molecular weight is 323 g/mol. The summed E-state index contributed by atoms with van der Waals surface area (Å²) in [5.74, 6) is 0.730. The second kappa shape index (κ2) is 10.3. The molecule has 3 nitrogen and oxygen atoms in total. The summed E-state index contributed by atoms with van der Waals surface area (Å²) in [7, 11) is 0. The van der Waals surface area contributed by atoms with Crippen LogP contribution < -0.4 is 10.1 Å². The number of carbonyl (C=O) groups excluding carboxylic acids is 1. The van der Waals surface area contributed by atoms with Gasteiger partial charge in [-0.25, -0.2) is 0 Å².